The van der Waals surface area contributed by atoms with Crippen molar-refractivity contribution in [2.75, 3.05) is 13.2 Å². The average Bonchev–Trinajstić information content (AvgIpc) is 2.83. The summed E-state index contributed by atoms with van der Waals surface area (Å²) in [5, 5.41) is 4.96. The summed E-state index contributed by atoms with van der Waals surface area (Å²) in [5.41, 5.74) is 2.56. The van der Waals surface area contributed by atoms with E-state index in [4.69, 9.17) is 14.2 Å². The monoisotopic (exact) mass is 428 g/mol. The van der Waals surface area contributed by atoms with Gasteiger partial charge >= 0.3 is 0 Å². The third-order valence-corrected chi connectivity index (χ3v) is 6.07. The summed E-state index contributed by atoms with van der Waals surface area (Å²) in [7, 11) is 0. The predicted octanol–water partition coefficient (Wildman–Crippen LogP) is 7.46. The summed E-state index contributed by atoms with van der Waals surface area (Å²) >= 11 is 0. The number of hydrogen-bond acceptors (Lipinski definition) is 3. The fraction of sp³-hybridized carbons (Fsp3) is 0.310. The Morgan fingerprint density at radius 3 is 2.00 bits per heavy atom. The molecule has 0 fully saturated rings. The number of rotatable bonds is 10. The second-order valence-electron chi connectivity index (χ2n) is 8.28. The summed E-state index contributed by atoms with van der Waals surface area (Å²) in [6.07, 6.45) is 0.806. The minimum atomic E-state index is -0.327. The predicted molar refractivity (Wildman–Crippen MR) is 132 cm³/mol. The zero-order chi connectivity index (χ0) is 22.3. The molecular formula is C29H32O3. The van der Waals surface area contributed by atoms with Crippen molar-refractivity contribution in [3.8, 4) is 5.75 Å². The number of hydrogen-bond donors (Lipinski definition) is 0. The minimum Gasteiger partial charge on any atom is -0.465 e. The molecule has 4 aromatic carbocycles. The topological polar surface area (TPSA) is 27.7 Å². The smallest absolute Gasteiger partial charge is 0.197 e. The Labute approximate surface area is 190 Å². The average molecular weight is 429 g/mol. The number of benzene rings is 4. The minimum absolute atomic E-state index is 0.327. The molecule has 166 valence electrons. The van der Waals surface area contributed by atoms with Gasteiger partial charge in [-0.25, -0.2) is 0 Å². The highest BCUT2D eigenvalue weighted by molar-refractivity contribution is 6.02. The maximum atomic E-state index is 6.01. The van der Waals surface area contributed by atoms with E-state index in [1.165, 1.54) is 32.7 Å². The lowest BCUT2D eigenvalue weighted by Gasteiger charge is -2.17. The van der Waals surface area contributed by atoms with Gasteiger partial charge in [-0.1, -0.05) is 74.5 Å². The zero-order valence-corrected chi connectivity index (χ0v) is 19.2. The van der Waals surface area contributed by atoms with Crippen molar-refractivity contribution < 1.29 is 14.2 Å². The molecule has 0 aliphatic carbocycles. The van der Waals surface area contributed by atoms with Crippen LogP contribution in [-0.4, -0.2) is 19.5 Å². The van der Waals surface area contributed by atoms with Crippen LogP contribution < -0.4 is 4.74 Å². The van der Waals surface area contributed by atoms with Crippen LogP contribution in [-0.2, 0) is 16.1 Å². The van der Waals surface area contributed by atoms with Crippen LogP contribution in [0.5, 0.6) is 5.75 Å². The van der Waals surface area contributed by atoms with Gasteiger partial charge in [0, 0.05) is 0 Å². The van der Waals surface area contributed by atoms with E-state index in [1.54, 1.807) is 0 Å². The Hall–Kier alpha value is -2.88. The highest BCUT2D eigenvalue weighted by Crippen LogP contribution is 2.29. The molecule has 32 heavy (non-hydrogen) atoms. The third-order valence-electron chi connectivity index (χ3n) is 6.07. The molecule has 4 aromatic rings. The molecule has 0 aromatic heterocycles. The van der Waals surface area contributed by atoms with Crippen molar-refractivity contribution in [3.63, 3.8) is 0 Å². The van der Waals surface area contributed by atoms with Crippen LogP contribution in [0.15, 0.2) is 78.9 Å². The highest BCUT2D eigenvalue weighted by Gasteiger charge is 2.09. The first-order valence-electron chi connectivity index (χ1n) is 11.5. The van der Waals surface area contributed by atoms with Gasteiger partial charge in [-0.05, 0) is 70.1 Å². The lowest BCUT2D eigenvalue weighted by atomic mass is 9.97. The van der Waals surface area contributed by atoms with Crippen LogP contribution in [0.3, 0.4) is 0 Å². The molecule has 0 spiro atoms. The zero-order valence-electron chi connectivity index (χ0n) is 19.2. The van der Waals surface area contributed by atoms with E-state index >= 15 is 0 Å². The van der Waals surface area contributed by atoms with Crippen molar-refractivity contribution in [3.05, 3.63) is 90.0 Å². The lowest BCUT2D eigenvalue weighted by molar-refractivity contribution is -0.0847. The molecule has 0 bridgehead atoms. The van der Waals surface area contributed by atoms with Crippen LogP contribution in [0.4, 0.5) is 0 Å². The van der Waals surface area contributed by atoms with Gasteiger partial charge in [-0.2, -0.15) is 0 Å². The molecule has 0 N–H and O–H groups in total. The molecule has 4 rings (SSSR count). The largest absolute Gasteiger partial charge is 0.465 e. The number of fused-ring (bicyclic) bond motifs is 2. The summed E-state index contributed by atoms with van der Waals surface area (Å²) in [6.45, 7) is 7.91. The maximum absolute atomic E-state index is 6.01. The van der Waals surface area contributed by atoms with Crippen LogP contribution in [0.1, 0.15) is 44.2 Å². The van der Waals surface area contributed by atoms with Crippen LogP contribution in [0.25, 0.3) is 21.5 Å². The van der Waals surface area contributed by atoms with Gasteiger partial charge in [-0.3, -0.25) is 0 Å². The van der Waals surface area contributed by atoms with Gasteiger partial charge < -0.3 is 14.2 Å². The molecule has 0 radical (unpaired) electrons. The van der Waals surface area contributed by atoms with E-state index in [0.717, 1.165) is 12.2 Å². The molecule has 2 unspecified atom stereocenters. The van der Waals surface area contributed by atoms with Crippen LogP contribution in [0.2, 0.25) is 0 Å². The van der Waals surface area contributed by atoms with Gasteiger partial charge in [0.15, 0.2) is 6.29 Å². The first-order valence-corrected chi connectivity index (χ1v) is 11.5. The Bertz CT molecular complexity index is 1100. The van der Waals surface area contributed by atoms with Gasteiger partial charge in [-0.15, -0.1) is 0 Å². The molecule has 3 heteroatoms. The fourth-order valence-electron chi connectivity index (χ4n) is 4.05. The van der Waals surface area contributed by atoms with Gasteiger partial charge in [0.25, 0.3) is 0 Å². The second-order valence-corrected chi connectivity index (χ2v) is 8.28. The van der Waals surface area contributed by atoms with E-state index < -0.39 is 0 Å². The molecule has 0 saturated carbocycles. The molecule has 0 saturated heterocycles. The third kappa shape index (κ3) is 5.29. The molecule has 0 amide bonds. The van der Waals surface area contributed by atoms with E-state index in [-0.39, 0.29) is 6.29 Å². The summed E-state index contributed by atoms with van der Waals surface area (Å²) in [4.78, 5) is 0. The lowest BCUT2D eigenvalue weighted by Crippen LogP contribution is -2.19. The van der Waals surface area contributed by atoms with Gasteiger partial charge in [0.1, 0.15) is 5.75 Å². The van der Waals surface area contributed by atoms with Crippen molar-refractivity contribution in [2.24, 2.45) is 0 Å². The normalized spacial score (nSPS) is 13.3. The molecule has 3 nitrogen and oxygen atoms in total. The Morgan fingerprint density at radius 2 is 1.38 bits per heavy atom. The SMILES string of the molecule is CCC(C)c1ccc(OC(C)OCCOCc2c3ccccc3cc3ccccc23)cc1. The van der Waals surface area contributed by atoms with E-state index in [9.17, 15) is 0 Å². The maximum Gasteiger partial charge on any atom is 0.197 e. The van der Waals surface area contributed by atoms with Gasteiger partial charge in [0.05, 0.1) is 19.8 Å². The standard InChI is InChI=1S/C29H32O3/c1-4-21(2)23-13-15-26(16-14-23)32-22(3)31-18-17-30-20-29-27-11-7-5-9-24(27)19-25-10-6-8-12-28(25)29/h5-16,19,21-22H,4,17-18,20H2,1-3H3. The number of ether oxygens (including phenoxy) is 3. The van der Waals surface area contributed by atoms with Crippen molar-refractivity contribution >= 4 is 21.5 Å². The second kappa shape index (κ2) is 10.6. The van der Waals surface area contributed by atoms with E-state index in [2.05, 4.69) is 80.6 Å². The first-order chi connectivity index (χ1) is 15.7. The van der Waals surface area contributed by atoms with E-state index in [0.29, 0.717) is 25.7 Å². The molecular weight excluding hydrogens is 396 g/mol. The molecule has 0 aliphatic rings. The Balaban J connectivity index is 1.29. The summed E-state index contributed by atoms with van der Waals surface area (Å²) < 4.78 is 17.7. The van der Waals surface area contributed by atoms with Crippen LogP contribution in [0, 0.1) is 0 Å². The first kappa shape index (κ1) is 22.3. The highest BCUT2D eigenvalue weighted by atomic mass is 16.7. The molecule has 2 atom stereocenters. The molecule has 0 heterocycles. The molecule has 0 aliphatic heterocycles. The summed E-state index contributed by atoms with van der Waals surface area (Å²) in [5.74, 6) is 1.39. The quantitative estimate of drug-likeness (QED) is 0.149. The Kier molecular flexibility index (Phi) is 7.41. The van der Waals surface area contributed by atoms with Gasteiger partial charge in [0.2, 0.25) is 0 Å². The Morgan fingerprint density at radius 1 is 0.750 bits per heavy atom. The van der Waals surface area contributed by atoms with Crippen molar-refractivity contribution in [1.82, 2.24) is 0 Å². The van der Waals surface area contributed by atoms with Crippen molar-refractivity contribution in [2.45, 2.75) is 46.0 Å². The summed E-state index contributed by atoms with van der Waals surface area (Å²) in [6, 6.07) is 27.5. The van der Waals surface area contributed by atoms with E-state index in [1.807, 2.05) is 19.1 Å². The fourth-order valence-corrected chi connectivity index (χ4v) is 4.05. The van der Waals surface area contributed by atoms with Crippen LogP contribution >= 0.6 is 0 Å². The van der Waals surface area contributed by atoms with Crippen molar-refractivity contribution in [1.29, 1.82) is 0 Å².